The maximum absolute atomic E-state index is 13.5. The number of benzene rings is 1. The minimum atomic E-state index is -1.03. The van der Waals surface area contributed by atoms with Gasteiger partial charge >= 0.3 is 6.09 Å². The van der Waals surface area contributed by atoms with E-state index in [0.29, 0.717) is 60.3 Å². The number of nitrogens with one attached hydrogen (secondary N) is 1. The molecule has 1 aromatic heterocycles. The Morgan fingerprint density at radius 1 is 1.17 bits per heavy atom. The third-order valence-corrected chi connectivity index (χ3v) is 7.97. The van der Waals surface area contributed by atoms with Crippen molar-refractivity contribution in [2.24, 2.45) is 11.8 Å². The van der Waals surface area contributed by atoms with Crippen molar-refractivity contribution in [3.05, 3.63) is 57.7 Å². The predicted molar refractivity (Wildman–Crippen MR) is 135 cm³/mol. The molecular formula is C26H28Cl2N4O4. The molecule has 0 spiro atoms. The van der Waals surface area contributed by atoms with Crippen molar-refractivity contribution in [2.45, 2.75) is 50.7 Å². The Bertz CT molecular complexity index is 1150. The Morgan fingerprint density at radius 2 is 1.92 bits per heavy atom. The summed E-state index contributed by atoms with van der Waals surface area (Å²) in [6.07, 6.45) is 2.80. The number of nitriles is 1. The van der Waals surface area contributed by atoms with Gasteiger partial charge in [0.1, 0.15) is 12.2 Å². The molecule has 1 saturated carbocycles. The Hall–Kier alpha value is -3.02. The van der Waals surface area contributed by atoms with E-state index in [9.17, 15) is 9.59 Å². The van der Waals surface area contributed by atoms with Crippen LogP contribution in [0.1, 0.15) is 49.7 Å². The molecule has 36 heavy (non-hydrogen) atoms. The number of rotatable bonds is 6. The highest BCUT2D eigenvalue weighted by Crippen LogP contribution is 2.39. The third-order valence-electron chi connectivity index (χ3n) is 7.23. The molecule has 10 heteroatoms. The number of ether oxygens (including phenoxy) is 1. The van der Waals surface area contributed by atoms with Gasteiger partial charge < -0.3 is 20.1 Å². The summed E-state index contributed by atoms with van der Waals surface area (Å²) in [5.41, 5.74) is 1.44. The molecule has 2 fully saturated rings. The molecule has 0 radical (unpaired) electrons. The average molecular weight is 531 g/mol. The topological polar surface area (TPSA) is 116 Å². The van der Waals surface area contributed by atoms with E-state index in [0.717, 1.165) is 5.56 Å². The summed E-state index contributed by atoms with van der Waals surface area (Å²) >= 11 is 12.5. The molecule has 1 aromatic carbocycles. The van der Waals surface area contributed by atoms with Crippen molar-refractivity contribution >= 4 is 35.2 Å². The van der Waals surface area contributed by atoms with Gasteiger partial charge in [0.25, 0.3) is 0 Å². The Labute approximate surface area is 220 Å². The zero-order valence-corrected chi connectivity index (χ0v) is 21.4. The number of halogens is 2. The molecule has 2 N–H and O–H groups in total. The van der Waals surface area contributed by atoms with E-state index in [1.807, 2.05) is 30.0 Å². The van der Waals surface area contributed by atoms with Crippen molar-refractivity contribution in [1.82, 2.24) is 15.2 Å². The molecule has 3 atom stereocenters. The number of aromatic nitrogens is 1. The van der Waals surface area contributed by atoms with E-state index >= 15 is 0 Å². The third kappa shape index (κ3) is 6.03. The molecular weight excluding hydrogens is 503 g/mol. The van der Waals surface area contributed by atoms with Crippen molar-refractivity contribution < 1.29 is 19.4 Å². The van der Waals surface area contributed by atoms with Crippen LogP contribution in [0.5, 0.6) is 5.88 Å². The fourth-order valence-electron chi connectivity index (χ4n) is 5.29. The largest absolute Gasteiger partial charge is 0.474 e. The number of pyridine rings is 1. The van der Waals surface area contributed by atoms with E-state index in [1.165, 1.54) is 6.20 Å². The van der Waals surface area contributed by atoms with Gasteiger partial charge in [-0.15, -0.1) is 0 Å². The monoisotopic (exact) mass is 530 g/mol. The molecule has 2 amide bonds. The highest BCUT2D eigenvalue weighted by Gasteiger charge is 2.42. The van der Waals surface area contributed by atoms with Gasteiger partial charge in [0, 0.05) is 49.1 Å². The summed E-state index contributed by atoms with van der Waals surface area (Å²) in [6.45, 7) is 3.02. The molecule has 0 bridgehead atoms. The zero-order valence-electron chi connectivity index (χ0n) is 19.9. The van der Waals surface area contributed by atoms with Gasteiger partial charge in [0.2, 0.25) is 11.8 Å². The lowest BCUT2D eigenvalue weighted by molar-refractivity contribution is -0.135. The van der Waals surface area contributed by atoms with Crippen molar-refractivity contribution in [2.75, 3.05) is 13.1 Å². The number of carbonyl (C=O) groups excluding carboxylic acids is 1. The first kappa shape index (κ1) is 26.1. The van der Waals surface area contributed by atoms with Crippen molar-refractivity contribution in [3.63, 3.8) is 0 Å². The van der Waals surface area contributed by atoms with Crippen LogP contribution in [0.25, 0.3) is 0 Å². The van der Waals surface area contributed by atoms with E-state index in [4.69, 9.17) is 38.3 Å². The van der Waals surface area contributed by atoms with E-state index < -0.39 is 6.09 Å². The second-order valence-electron chi connectivity index (χ2n) is 9.51. The number of nitrogens with zero attached hydrogens (tertiary/aromatic N) is 3. The number of amides is 2. The van der Waals surface area contributed by atoms with Gasteiger partial charge in [0.15, 0.2) is 0 Å². The lowest BCUT2D eigenvalue weighted by Crippen LogP contribution is -2.41. The molecule has 8 nitrogen and oxygen atoms in total. The first-order valence-corrected chi connectivity index (χ1v) is 12.8. The second-order valence-corrected chi connectivity index (χ2v) is 10.3. The first-order valence-electron chi connectivity index (χ1n) is 12.0. The normalized spacial score (nSPS) is 24.6. The molecule has 3 unspecified atom stereocenters. The van der Waals surface area contributed by atoms with E-state index in [1.54, 1.807) is 18.2 Å². The Morgan fingerprint density at radius 3 is 2.53 bits per heavy atom. The van der Waals surface area contributed by atoms with E-state index in [-0.39, 0.29) is 35.8 Å². The molecule has 2 aromatic rings. The maximum Gasteiger partial charge on any atom is 0.404 e. The Kier molecular flexibility index (Phi) is 8.22. The molecule has 1 aliphatic carbocycles. The highest BCUT2D eigenvalue weighted by molar-refractivity contribution is 6.42. The van der Waals surface area contributed by atoms with Gasteiger partial charge in [-0.1, -0.05) is 29.3 Å². The zero-order chi connectivity index (χ0) is 25.8. The SMILES string of the molecule is CC(Oc1ccc(C#N)cn1)C1CN(C(=O)C2CCC(NC(=O)O)CC2)CC1c1ccc(Cl)c(Cl)c1. The fraction of sp³-hybridized carbons (Fsp3) is 0.462. The maximum atomic E-state index is 13.5. The predicted octanol–water partition coefficient (Wildman–Crippen LogP) is 5.10. The smallest absolute Gasteiger partial charge is 0.404 e. The minimum Gasteiger partial charge on any atom is -0.474 e. The van der Waals surface area contributed by atoms with Gasteiger partial charge in [-0.25, -0.2) is 9.78 Å². The van der Waals surface area contributed by atoms with Gasteiger partial charge in [0.05, 0.1) is 15.6 Å². The van der Waals surface area contributed by atoms with Crippen LogP contribution in [0.3, 0.4) is 0 Å². The summed E-state index contributed by atoms with van der Waals surface area (Å²) in [4.78, 5) is 30.5. The van der Waals surface area contributed by atoms with Crippen LogP contribution in [-0.2, 0) is 4.79 Å². The summed E-state index contributed by atoms with van der Waals surface area (Å²) in [6, 6.07) is 10.8. The molecule has 4 rings (SSSR count). The van der Waals surface area contributed by atoms with Gasteiger partial charge in [-0.05, 0) is 56.4 Å². The van der Waals surface area contributed by atoms with Crippen molar-refractivity contribution in [1.29, 1.82) is 5.26 Å². The number of carboxylic acid groups (broad SMARTS) is 1. The summed E-state index contributed by atoms with van der Waals surface area (Å²) in [5, 5.41) is 21.4. The van der Waals surface area contributed by atoms with Crippen LogP contribution < -0.4 is 10.1 Å². The number of likely N-dealkylation sites (tertiary alicyclic amines) is 1. The van der Waals surface area contributed by atoms with E-state index in [2.05, 4.69) is 10.3 Å². The molecule has 2 aliphatic rings. The second kappa shape index (κ2) is 11.4. The van der Waals surface area contributed by atoms with Gasteiger partial charge in [-0.3, -0.25) is 4.79 Å². The standard InChI is InChI=1S/C26H28Cl2N4O4/c1-15(36-24-9-2-16(11-29)12-30-24)20-13-32(14-21(20)18-5-8-22(27)23(28)10-18)25(33)17-3-6-19(7-4-17)31-26(34)35/h2,5,8-10,12,15,17,19-21,31H,3-4,6-7,13-14H2,1H3,(H,34,35). The molecule has 1 saturated heterocycles. The Balaban J connectivity index is 1.50. The summed E-state index contributed by atoms with van der Waals surface area (Å²) < 4.78 is 6.15. The van der Waals surface area contributed by atoms with Crippen LogP contribution >= 0.6 is 23.2 Å². The average Bonchev–Trinajstić information content (AvgIpc) is 3.31. The molecule has 2 heterocycles. The van der Waals surface area contributed by atoms with Crippen molar-refractivity contribution in [3.8, 4) is 11.9 Å². The summed E-state index contributed by atoms with van der Waals surface area (Å²) in [7, 11) is 0. The quantitative estimate of drug-likeness (QED) is 0.536. The minimum absolute atomic E-state index is 0.0119. The van der Waals surface area contributed by atoms with Crippen LogP contribution in [0, 0.1) is 23.2 Å². The van der Waals surface area contributed by atoms with Crippen LogP contribution in [-0.4, -0.2) is 52.2 Å². The number of hydrogen-bond acceptors (Lipinski definition) is 5. The number of hydrogen-bond donors (Lipinski definition) is 2. The summed E-state index contributed by atoms with van der Waals surface area (Å²) in [5.74, 6) is 0.362. The van der Waals surface area contributed by atoms with Crippen LogP contribution in [0.2, 0.25) is 10.0 Å². The first-order chi connectivity index (χ1) is 17.2. The highest BCUT2D eigenvalue weighted by atomic mass is 35.5. The lowest BCUT2D eigenvalue weighted by atomic mass is 9.85. The lowest BCUT2D eigenvalue weighted by Gasteiger charge is -2.30. The fourth-order valence-corrected chi connectivity index (χ4v) is 5.60. The molecule has 1 aliphatic heterocycles. The van der Waals surface area contributed by atoms with Gasteiger partial charge in [-0.2, -0.15) is 5.26 Å². The number of carbonyl (C=O) groups is 2. The molecule has 190 valence electrons. The van der Waals surface area contributed by atoms with Crippen LogP contribution in [0.4, 0.5) is 4.79 Å². The van der Waals surface area contributed by atoms with Crippen LogP contribution in [0.15, 0.2) is 36.5 Å².